The van der Waals surface area contributed by atoms with Crippen molar-refractivity contribution in [1.82, 2.24) is 0 Å². The molecule has 112 valence electrons. The van der Waals surface area contributed by atoms with Crippen LogP contribution in [0.15, 0.2) is 0 Å². The molecule has 6 N–H and O–H groups in total. The van der Waals surface area contributed by atoms with Crippen LogP contribution in [0, 0.1) is 0 Å². The van der Waals surface area contributed by atoms with Crippen LogP contribution in [0.1, 0.15) is 7.13 Å². The van der Waals surface area contributed by atoms with Crippen LogP contribution in [-0.4, -0.2) is 98.4 Å². The summed E-state index contributed by atoms with van der Waals surface area (Å²) in [6.45, 7) is 0. The third kappa shape index (κ3) is 760. The summed E-state index contributed by atoms with van der Waals surface area (Å²) in [4.78, 5) is 0. The predicted octanol–water partition coefficient (Wildman–Crippen LogP) is -8.17. The van der Waals surface area contributed by atoms with Crippen molar-refractivity contribution in [1.29, 1.82) is 0 Å². The molecule has 0 unspecified atom stereocenters. The van der Waals surface area contributed by atoms with Crippen molar-refractivity contribution in [2.75, 3.05) is 0 Å². The van der Waals surface area contributed by atoms with E-state index in [0.717, 1.165) is 0 Å². The topological polar surface area (TPSA) is 224 Å². The van der Waals surface area contributed by atoms with E-state index >= 15 is 0 Å². The Labute approximate surface area is 185 Å². The third-order valence-electron chi connectivity index (χ3n) is 0. The molecule has 0 aromatic heterocycles. The van der Waals surface area contributed by atoms with Gasteiger partial charge in [-0.25, -0.2) is 0 Å². The normalized spacial score (nSPS) is 9.16. The fourth-order valence-corrected chi connectivity index (χ4v) is 0. The van der Waals surface area contributed by atoms with E-state index in [-0.39, 0.29) is 99.4 Å². The van der Waals surface area contributed by atoms with Gasteiger partial charge in [-0.3, -0.25) is 0 Å². The zero-order valence-electron chi connectivity index (χ0n) is 14.5. The first kappa shape index (κ1) is 43.2. The molecular formula is H13Cr3LiMg2O12Pb. The first-order valence-electron chi connectivity index (χ1n) is 2.10. The fraction of sp³-hybridized carbons (Fsp3) is 0. The van der Waals surface area contributed by atoms with Crippen LogP contribution in [0.25, 0.3) is 0 Å². The van der Waals surface area contributed by atoms with E-state index in [1.807, 2.05) is 0 Å². The number of rotatable bonds is 0. The maximum atomic E-state index is 8.82. The fourth-order valence-electron chi connectivity index (χ4n) is 0. The van der Waals surface area contributed by atoms with E-state index in [2.05, 4.69) is 0 Å². The van der Waals surface area contributed by atoms with Gasteiger partial charge in [0.25, 0.3) is 0 Å². The van der Waals surface area contributed by atoms with Gasteiger partial charge in [0.05, 0.1) is 0 Å². The average Bonchev–Trinajstić information content (AvgIpc) is 1.41. The first-order valence-corrected chi connectivity index (χ1v) is 8.64. The summed E-state index contributed by atoms with van der Waals surface area (Å²) in [5, 5.41) is 0. The SMILES string of the molecule is [H-].[H-].[H-].[H-].[H-].[Li+].[Mg+2].[Mg+2].[O]=[Cr](=[O])([OH])[OH].[O]=[Cr](=[O])([OH])[OH].[O]=[Cr](=[O])([OH])[OH].[PbH2]. The molecule has 0 rings (SSSR count). The minimum absolute atomic E-state index is 0. The van der Waals surface area contributed by atoms with Gasteiger partial charge in [0.1, 0.15) is 0 Å². The van der Waals surface area contributed by atoms with Crippen LogP contribution in [-0.2, 0) is 63.7 Å². The number of hydrogen-bond donors (Lipinski definition) is 6. The van der Waals surface area contributed by atoms with Gasteiger partial charge >= 0.3 is 181 Å². The van der Waals surface area contributed by atoms with Crippen molar-refractivity contribution in [2.45, 2.75) is 0 Å². The summed E-state index contributed by atoms with van der Waals surface area (Å²) in [6, 6.07) is 0. The molecule has 0 heterocycles. The second-order valence-electron chi connectivity index (χ2n) is 1.34. The van der Waals surface area contributed by atoms with Crippen molar-refractivity contribution >= 4 is 73.4 Å². The van der Waals surface area contributed by atoms with Crippen LogP contribution in [0.4, 0.5) is 0 Å². The second kappa shape index (κ2) is 19.3. The van der Waals surface area contributed by atoms with Crippen LogP contribution >= 0.6 is 0 Å². The zero-order valence-corrected chi connectivity index (χ0v) is 21.6. The molecule has 0 amide bonds. The Bertz CT molecular complexity index is 370. The molecule has 0 bridgehead atoms. The van der Waals surface area contributed by atoms with E-state index in [4.69, 9.17) is 47.8 Å². The van der Waals surface area contributed by atoms with Gasteiger partial charge in [0.2, 0.25) is 0 Å². The Hall–Kier alpha value is 3.21. The van der Waals surface area contributed by atoms with Gasteiger partial charge < -0.3 is 7.13 Å². The predicted molar refractivity (Wildman–Crippen MR) is 43.0 cm³/mol. The monoisotopic (exact) mass is 624 g/mol. The molecule has 19 heavy (non-hydrogen) atoms. The van der Waals surface area contributed by atoms with E-state index in [0.29, 0.717) is 0 Å². The molecule has 0 fully saturated rings. The van der Waals surface area contributed by atoms with Crippen LogP contribution in [0.2, 0.25) is 0 Å². The third-order valence-corrected chi connectivity index (χ3v) is 0. The zero-order chi connectivity index (χ0) is 13.5. The summed E-state index contributed by atoms with van der Waals surface area (Å²) in [7, 11) is 0. The molecule has 0 aromatic carbocycles. The summed E-state index contributed by atoms with van der Waals surface area (Å²) in [5.74, 6) is 0. The van der Waals surface area contributed by atoms with Crippen LogP contribution in [0.3, 0.4) is 0 Å². The quantitative estimate of drug-likeness (QED) is 0.138. The molecule has 2 radical (unpaired) electrons. The molecule has 0 aliphatic rings. The van der Waals surface area contributed by atoms with Gasteiger partial charge in [0, 0.05) is 0 Å². The van der Waals surface area contributed by atoms with Gasteiger partial charge in [0.15, 0.2) is 0 Å². The van der Waals surface area contributed by atoms with E-state index in [1.165, 1.54) is 0 Å². The second-order valence-corrected chi connectivity index (χ2v) is 5.54. The van der Waals surface area contributed by atoms with Gasteiger partial charge in [-0.15, -0.1) is 0 Å². The minimum atomic E-state index is -5.25. The Morgan fingerprint density at radius 1 is 0.526 bits per heavy atom. The van der Waals surface area contributed by atoms with Crippen molar-refractivity contribution < 1.29 is 115 Å². The Morgan fingerprint density at radius 3 is 0.526 bits per heavy atom. The molecular weight excluding hydrogens is 611 g/mol. The van der Waals surface area contributed by atoms with Crippen molar-refractivity contribution in [3.8, 4) is 0 Å². The molecule has 19 heteroatoms. The molecule has 12 nitrogen and oxygen atoms in total. The van der Waals surface area contributed by atoms with Crippen molar-refractivity contribution in [3.05, 3.63) is 0 Å². The van der Waals surface area contributed by atoms with Crippen LogP contribution < -0.4 is 18.9 Å². The Kier molecular flexibility index (Phi) is 43.8. The molecule has 0 saturated heterocycles. The molecule has 0 saturated carbocycles. The molecule has 0 atom stereocenters. The van der Waals surface area contributed by atoms with Gasteiger partial charge in [-0.1, -0.05) is 0 Å². The van der Waals surface area contributed by atoms with Gasteiger partial charge in [-0.2, -0.15) is 0 Å². The van der Waals surface area contributed by atoms with E-state index < -0.39 is 40.8 Å². The summed E-state index contributed by atoms with van der Waals surface area (Å²) in [5.41, 5.74) is 0. The molecule has 0 aliphatic carbocycles. The van der Waals surface area contributed by atoms with E-state index in [1.54, 1.807) is 0 Å². The average molecular weight is 624 g/mol. The molecule has 0 aliphatic heterocycles. The van der Waals surface area contributed by atoms with Crippen LogP contribution in [0.5, 0.6) is 0 Å². The standard InChI is InChI=1S/3Cr.Li.2Mg.6H2O.6O.Pb.7H/h;;;;;;6*1H2;;;;;;;;;;;;;;/q3*+2;+1;2*+2;;;;;;;;;;;;;;;;5*-1/p-6. The Morgan fingerprint density at radius 2 is 0.526 bits per heavy atom. The summed E-state index contributed by atoms with van der Waals surface area (Å²) < 4.78 is 95.6. The molecule has 0 aromatic rings. The first-order chi connectivity index (χ1) is 6.00. The maximum absolute atomic E-state index is 8.82. The van der Waals surface area contributed by atoms with Crippen molar-refractivity contribution in [3.63, 3.8) is 0 Å². The van der Waals surface area contributed by atoms with Crippen molar-refractivity contribution in [2.24, 2.45) is 0 Å². The molecule has 0 spiro atoms. The van der Waals surface area contributed by atoms with E-state index in [9.17, 15) is 0 Å². The Balaban J connectivity index is -0.00000000758. The summed E-state index contributed by atoms with van der Waals surface area (Å²) >= 11 is -15.8. The summed E-state index contributed by atoms with van der Waals surface area (Å²) in [6.07, 6.45) is 0. The van der Waals surface area contributed by atoms with Gasteiger partial charge in [-0.05, 0) is 0 Å². The number of hydrogen-bond acceptors (Lipinski definition) is 6.